The van der Waals surface area contributed by atoms with Gasteiger partial charge in [0.25, 0.3) is 0 Å². The van der Waals surface area contributed by atoms with Crippen LogP contribution in [0.25, 0.3) is 0 Å². The molecule has 0 atom stereocenters. The molecule has 0 fully saturated rings. The van der Waals surface area contributed by atoms with Crippen LogP contribution in [-0.4, -0.2) is 19.5 Å². The molecule has 0 saturated carbocycles. The molecular formula is C27H35N3O2S2. The number of nitrogen functional groups attached to an aromatic ring is 1. The second-order valence-electron chi connectivity index (χ2n) is 7.95. The van der Waals surface area contributed by atoms with Gasteiger partial charge in [0.15, 0.2) is 11.5 Å². The van der Waals surface area contributed by atoms with Crippen molar-refractivity contribution < 1.29 is 9.47 Å². The molecule has 5 nitrogen and oxygen atoms in total. The van der Waals surface area contributed by atoms with Crippen molar-refractivity contribution in [3.63, 3.8) is 0 Å². The van der Waals surface area contributed by atoms with Gasteiger partial charge in [-0.05, 0) is 31.2 Å². The minimum absolute atomic E-state index is 0.233. The number of hydrogen-bond acceptors (Lipinski definition) is 7. The summed E-state index contributed by atoms with van der Waals surface area (Å²) in [6.07, 6.45) is 10.4. The van der Waals surface area contributed by atoms with Crippen LogP contribution in [0.2, 0.25) is 0 Å². The maximum atomic E-state index is 10.1. The quantitative estimate of drug-likeness (QED) is 0.152. The van der Waals surface area contributed by atoms with Crippen LogP contribution in [0, 0.1) is 22.7 Å². The summed E-state index contributed by atoms with van der Waals surface area (Å²) >= 11 is 2.96. The van der Waals surface area contributed by atoms with Crippen LogP contribution in [0.5, 0.6) is 11.5 Å². The van der Waals surface area contributed by atoms with Gasteiger partial charge in [0.05, 0.1) is 23.0 Å². The Bertz CT molecular complexity index is 1010. The fourth-order valence-corrected chi connectivity index (χ4v) is 5.51. The Balaban J connectivity index is 2.55. The number of nitrogens with zero attached hydrogens (tertiary/aromatic N) is 2. The van der Waals surface area contributed by atoms with Crippen molar-refractivity contribution in [1.82, 2.24) is 0 Å². The summed E-state index contributed by atoms with van der Waals surface area (Å²) in [6, 6.07) is 12.1. The number of ether oxygens (including phenoxy) is 2. The smallest absolute Gasteiger partial charge is 0.153 e. The van der Waals surface area contributed by atoms with Gasteiger partial charge < -0.3 is 15.2 Å². The van der Waals surface area contributed by atoms with Crippen LogP contribution >= 0.6 is 23.5 Å². The van der Waals surface area contributed by atoms with Crippen molar-refractivity contribution in [3.05, 3.63) is 35.4 Å². The summed E-state index contributed by atoms with van der Waals surface area (Å²) < 4.78 is 12.4. The first kappa shape index (κ1) is 27.8. The van der Waals surface area contributed by atoms with Crippen LogP contribution < -0.4 is 15.2 Å². The summed E-state index contributed by atoms with van der Waals surface area (Å²) in [5.41, 5.74) is 7.37. The first-order chi connectivity index (χ1) is 16.6. The molecule has 7 heteroatoms. The second kappa shape index (κ2) is 15.4. The lowest BCUT2D eigenvalue weighted by Crippen LogP contribution is -2.07. The standard InChI is InChI=1S/C27H35N3O2S2/c1-4-6-8-12-16-31-24-20(18-28)21(19-29)25(32-17-13-9-7-5-2)27(26(24)33-3)34-23-15-11-10-14-22(23)30/h10-11,14-15H,4-9,12-13,16-17,30H2,1-3H3. The zero-order valence-corrected chi connectivity index (χ0v) is 22.1. The van der Waals surface area contributed by atoms with Gasteiger partial charge in [-0.1, -0.05) is 76.3 Å². The summed E-state index contributed by atoms with van der Waals surface area (Å²) in [5.74, 6) is 0.921. The highest BCUT2D eigenvalue weighted by Gasteiger charge is 2.27. The van der Waals surface area contributed by atoms with E-state index in [1.807, 2.05) is 30.5 Å². The number of anilines is 1. The topological polar surface area (TPSA) is 92.1 Å². The molecule has 0 amide bonds. The number of para-hydroxylation sites is 1. The predicted molar refractivity (Wildman–Crippen MR) is 142 cm³/mol. The number of unbranched alkanes of at least 4 members (excludes halogenated alkanes) is 6. The van der Waals surface area contributed by atoms with Crippen molar-refractivity contribution in [2.24, 2.45) is 0 Å². The molecule has 0 saturated heterocycles. The van der Waals surface area contributed by atoms with Gasteiger partial charge in [-0.3, -0.25) is 0 Å². The van der Waals surface area contributed by atoms with E-state index in [4.69, 9.17) is 15.2 Å². The molecule has 34 heavy (non-hydrogen) atoms. The van der Waals surface area contributed by atoms with Gasteiger partial charge in [-0.2, -0.15) is 10.5 Å². The maximum absolute atomic E-state index is 10.1. The molecule has 2 rings (SSSR count). The molecule has 0 heterocycles. The first-order valence-corrected chi connectivity index (χ1v) is 14.0. The third-order valence-corrected chi connectivity index (χ3v) is 7.48. The Labute approximate surface area is 213 Å². The SMILES string of the molecule is CCCCCCOc1c(C#N)c(C#N)c(OCCCCCC)c(Sc2ccccc2N)c1SC. The van der Waals surface area contributed by atoms with E-state index in [2.05, 4.69) is 26.0 Å². The average Bonchev–Trinajstić information content (AvgIpc) is 2.85. The Morgan fingerprint density at radius 3 is 1.79 bits per heavy atom. The normalized spacial score (nSPS) is 10.5. The highest BCUT2D eigenvalue weighted by Crippen LogP contribution is 2.50. The molecule has 0 bridgehead atoms. The highest BCUT2D eigenvalue weighted by atomic mass is 32.2. The lowest BCUT2D eigenvalue weighted by Gasteiger charge is -2.21. The highest BCUT2D eigenvalue weighted by molar-refractivity contribution is 8.02. The van der Waals surface area contributed by atoms with Crippen LogP contribution in [0.3, 0.4) is 0 Å². The molecule has 2 aromatic rings. The molecule has 2 aromatic carbocycles. The number of benzene rings is 2. The average molecular weight is 498 g/mol. The molecule has 182 valence electrons. The number of nitrogens with two attached hydrogens (primary N) is 1. The van der Waals surface area contributed by atoms with Gasteiger partial charge >= 0.3 is 0 Å². The fraction of sp³-hybridized carbons (Fsp3) is 0.481. The van der Waals surface area contributed by atoms with Crippen molar-refractivity contribution in [1.29, 1.82) is 10.5 Å². The monoisotopic (exact) mass is 497 g/mol. The summed E-state index contributed by atoms with van der Waals surface area (Å²) in [5, 5.41) is 20.1. The Hall–Kier alpha value is -2.48. The molecule has 0 unspecified atom stereocenters. The van der Waals surface area contributed by atoms with E-state index in [0.717, 1.165) is 66.1 Å². The Morgan fingerprint density at radius 2 is 1.32 bits per heavy atom. The number of hydrogen-bond donors (Lipinski definition) is 1. The van der Waals surface area contributed by atoms with Gasteiger partial charge in [-0.15, -0.1) is 11.8 Å². The van der Waals surface area contributed by atoms with Gasteiger partial charge in [-0.25, -0.2) is 0 Å². The third kappa shape index (κ3) is 7.52. The molecule has 2 N–H and O–H groups in total. The minimum atomic E-state index is 0.233. The molecule has 0 radical (unpaired) electrons. The third-order valence-electron chi connectivity index (χ3n) is 5.37. The van der Waals surface area contributed by atoms with E-state index in [0.29, 0.717) is 30.4 Å². The lowest BCUT2D eigenvalue weighted by molar-refractivity contribution is 0.283. The largest absolute Gasteiger partial charge is 0.491 e. The van der Waals surface area contributed by atoms with E-state index in [1.165, 1.54) is 23.5 Å². The molecule has 0 aliphatic heterocycles. The number of nitriles is 2. The molecule has 0 aliphatic rings. The van der Waals surface area contributed by atoms with Crippen molar-refractivity contribution in [2.45, 2.75) is 79.9 Å². The van der Waals surface area contributed by atoms with Crippen molar-refractivity contribution in [2.75, 3.05) is 25.2 Å². The molecule has 0 aromatic heterocycles. The maximum Gasteiger partial charge on any atom is 0.153 e. The molecular weight excluding hydrogens is 462 g/mol. The van der Waals surface area contributed by atoms with E-state index >= 15 is 0 Å². The van der Waals surface area contributed by atoms with Gasteiger partial charge in [0, 0.05) is 10.6 Å². The van der Waals surface area contributed by atoms with E-state index < -0.39 is 0 Å². The summed E-state index contributed by atoms with van der Waals surface area (Å²) in [6.45, 7) is 5.32. The lowest BCUT2D eigenvalue weighted by atomic mass is 10.1. The van der Waals surface area contributed by atoms with Gasteiger partial charge in [0.1, 0.15) is 23.3 Å². The Morgan fingerprint density at radius 1 is 0.794 bits per heavy atom. The fourth-order valence-electron chi connectivity index (χ4n) is 3.52. The molecule has 0 spiro atoms. The van der Waals surface area contributed by atoms with Crippen LogP contribution in [-0.2, 0) is 0 Å². The first-order valence-electron chi connectivity index (χ1n) is 12.0. The van der Waals surface area contributed by atoms with E-state index in [9.17, 15) is 10.5 Å². The minimum Gasteiger partial charge on any atom is -0.491 e. The van der Waals surface area contributed by atoms with E-state index in [1.54, 1.807) is 0 Å². The summed E-state index contributed by atoms with van der Waals surface area (Å²) in [4.78, 5) is 2.46. The van der Waals surface area contributed by atoms with E-state index in [-0.39, 0.29) is 11.1 Å². The Kier molecular flexibility index (Phi) is 12.6. The zero-order valence-electron chi connectivity index (χ0n) is 20.5. The number of thioether (sulfide) groups is 1. The number of rotatable bonds is 15. The van der Waals surface area contributed by atoms with Crippen LogP contribution in [0.1, 0.15) is 76.3 Å². The molecule has 0 aliphatic carbocycles. The second-order valence-corrected chi connectivity index (χ2v) is 9.82. The predicted octanol–water partition coefficient (Wildman–Crippen LogP) is 7.80. The van der Waals surface area contributed by atoms with Crippen molar-refractivity contribution in [3.8, 4) is 23.6 Å². The van der Waals surface area contributed by atoms with Crippen molar-refractivity contribution >= 4 is 29.2 Å². The van der Waals surface area contributed by atoms with Crippen LogP contribution in [0.4, 0.5) is 5.69 Å². The van der Waals surface area contributed by atoms with Gasteiger partial charge in [0.2, 0.25) is 0 Å². The summed E-state index contributed by atoms with van der Waals surface area (Å²) in [7, 11) is 0. The van der Waals surface area contributed by atoms with Crippen LogP contribution in [0.15, 0.2) is 39.0 Å². The zero-order chi connectivity index (χ0) is 24.8.